The predicted octanol–water partition coefficient (Wildman–Crippen LogP) is 2.05. The molecule has 1 aliphatic heterocycles. The maximum Gasteiger partial charge on any atom is 0.243 e. The Balaban J connectivity index is 1.95. The highest BCUT2D eigenvalue weighted by atomic mass is 32.2. The molecule has 7 heteroatoms. The molecule has 2 aromatic rings. The average Bonchev–Trinajstić information content (AvgIpc) is 2.94. The largest absolute Gasteiger partial charge is 0.381 e. The van der Waals surface area contributed by atoms with Gasteiger partial charge in [0.05, 0.1) is 30.1 Å². The van der Waals surface area contributed by atoms with Crippen molar-refractivity contribution in [3.05, 3.63) is 47.5 Å². The van der Waals surface area contributed by atoms with Crippen LogP contribution < -0.4 is 0 Å². The van der Waals surface area contributed by atoms with Crippen LogP contribution in [0.25, 0.3) is 0 Å². The van der Waals surface area contributed by atoms with E-state index in [1.165, 1.54) is 4.31 Å². The lowest BCUT2D eigenvalue weighted by Gasteiger charge is -2.32. The lowest BCUT2D eigenvalue weighted by Crippen LogP contribution is -2.40. The molecule has 1 unspecified atom stereocenters. The second-order valence-electron chi connectivity index (χ2n) is 6.16. The van der Waals surface area contributed by atoms with Crippen molar-refractivity contribution >= 4 is 10.0 Å². The van der Waals surface area contributed by atoms with Crippen molar-refractivity contribution in [2.24, 2.45) is 7.05 Å². The summed E-state index contributed by atoms with van der Waals surface area (Å²) in [6, 6.07) is 7.02. The van der Waals surface area contributed by atoms with Crippen molar-refractivity contribution in [3.63, 3.8) is 0 Å². The molecule has 6 nitrogen and oxygen atoms in total. The molecule has 0 saturated heterocycles. The van der Waals surface area contributed by atoms with Crippen LogP contribution in [0.2, 0.25) is 0 Å². The number of hydrogen-bond acceptors (Lipinski definition) is 4. The maximum absolute atomic E-state index is 13.0. The molecule has 2 heterocycles. The minimum atomic E-state index is -3.55. The molecule has 0 bridgehead atoms. The second-order valence-corrected chi connectivity index (χ2v) is 8.10. The van der Waals surface area contributed by atoms with E-state index in [0.29, 0.717) is 31.2 Å². The van der Waals surface area contributed by atoms with Crippen LogP contribution in [0.5, 0.6) is 0 Å². The molecule has 3 rings (SSSR count). The second kappa shape index (κ2) is 6.66. The number of nitrogens with zero attached hydrogens (tertiary/aromatic N) is 3. The van der Waals surface area contributed by atoms with E-state index in [-0.39, 0.29) is 5.92 Å². The number of benzene rings is 1. The first kappa shape index (κ1) is 17.1. The van der Waals surface area contributed by atoms with E-state index in [1.807, 2.05) is 31.5 Å². The highest BCUT2D eigenvalue weighted by Gasteiger charge is 2.35. The number of sulfonamides is 1. The van der Waals surface area contributed by atoms with Crippen LogP contribution in [0.3, 0.4) is 0 Å². The summed E-state index contributed by atoms with van der Waals surface area (Å²) >= 11 is 0. The van der Waals surface area contributed by atoms with Gasteiger partial charge < -0.3 is 9.30 Å². The quantitative estimate of drug-likeness (QED) is 0.829. The number of hydrogen-bond donors (Lipinski definition) is 0. The fourth-order valence-corrected chi connectivity index (χ4v) is 4.75. The first-order valence-electron chi connectivity index (χ1n) is 8.08. The molecule has 1 aromatic heterocycles. The standard InChI is InChI=1S/C17H23N3O3S/c1-4-23-11-14-9-20(10-16-17(14)19(3)12-18-16)24(21,22)15-7-5-6-13(2)8-15/h5-8,12,14H,4,9-11H2,1-3H3. The summed E-state index contributed by atoms with van der Waals surface area (Å²) in [5, 5.41) is 0. The monoisotopic (exact) mass is 349 g/mol. The van der Waals surface area contributed by atoms with Crippen molar-refractivity contribution in [1.82, 2.24) is 13.9 Å². The van der Waals surface area contributed by atoms with Gasteiger partial charge >= 0.3 is 0 Å². The molecule has 0 N–H and O–H groups in total. The van der Waals surface area contributed by atoms with Crippen LogP contribution in [0.4, 0.5) is 0 Å². The van der Waals surface area contributed by atoms with Gasteiger partial charge in [-0.15, -0.1) is 0 Å². The number of rotatable bonds is 5. The van der Waals surface area contributed by atoms with Gasteiger partial charge in [-0.3, -0.25) is 0 Å². The van der Waals surface area contributed by atoms with E-state index in [9.17, 15) is 8.42 Å². The zero-order valence-electron chi connectivity index (χ0n) is 14.3. The summed E-state index contributed by atoms with van der Waals surface area (Å²) in [7, 11) is -1.61. The van der Waals surface area contributed by atoms with Gasteiger partial charge in [-0.1, -0.05) is 12.1 Å². The molecule has 0 aliphatic carbocycles. The van der Waals surface area contributed by atoms with E-state index >= 15 is 0 Å². The lowest BCUT2D eigenvalue weighted by molar-refractivity contribution is 0.119. The van der Waals surface area contributed by atoms with Gasteiger partial charge in [0.25, 0.3) is 0 Å². The Labute approximate surface area is 143 Å². The number of imidazole rings is 1. The van der Waals surface area contributed by atoms with Gasteiger partial charge in [0, 0.05) is 31.8 Å². The molecule has 0 radical (unpaired) electrons. The SMILES string of the molecule is CCOCC1CN(S(=O)(=O)c2cccc(C)c2)Cc2ncn(C)c21. The van der Waals surface area contributed by atoms with Crippen molar-refractivity contribution in [2.45, 2.75) is 31.2 Å². The minimum Gasteiger partial charge on any atom is -0.381 e. The summed E-state index contributed by atoms with van der Waals surface area (Å²) < 4.78 is 35.1. The van der Waals surface area contributed by atoms with Crippen molar-refractivity contribution < 1.29 is 13.2 Å². The Hall–Kier alpha value is -1.70. The van der Waals surface area contributed by atoms with Crippen molar-refractivity contribution in [1.29, 1.82) is 0 Å². The predicted molar refractivity (Wildman–Crippen MR) is 91.2 cm³/mol. The molecule has 0 fully saturated rings. The van der Waals surface area contributed by atoms with E-state index in [0.717, 1.165) is 17.0 Å². The number of ether oxygens (including phenoxy) is 1. The Morgan fingerprint density at radius 1 is 1.38 bits per heavy atom. The van der Waals surface area contributed by atoms with Crippen LogP contribution >= 0.6 is 0 Å². The fraction of sp³-hybridized carbons (Fsp3) is 0.471. The third kappa shape index (κ3) is 3.11. The summed E-state index contributed by atoms with van der Waals surface area (Å²) in [6.45, 7) is 5.63. The molecule has 1 atom stereocenters. The van der Waals surface area contributed by atoms with Crippen molar-refractivity contribution in [3.8, 4) is 0 Å². The highest BCUT2D eigenvalue weighted by Crippen LogP contribution is 2.31. The van der Waals surface area contributed by atoms with Crippen LogP contribution in [0.15, 0.2) is 35.5 Å². The molecule has 1 aromatic carbocycles. The number of aromatic nitrogens is 2. The molecule has 24 heavy (non-hydrogen) atoms. The smallest absolute Gasteiger partial charge is 0.243 e. The number of aryl methyl sites for hydroxylation is 2. The van der Waals surface area contributed by atoms with Crippen LogP contribution in [0, 0.1) is 6.92 Å². The Kier molecular flexibility index (Phi) is 4.76. The van der Waals surface area contributed by atoms with Crippen LogP contribution in [0.1, 0.15) is 29.8 Å². The Morgan fingerprint density at radius 3 is 2.88 bits per heavy atom. The van der Waals surface area contributed by atoms with Gasteiger partial charge in [-0.25, -0.2) is 13.4 Å². The van der Waals surface area contributed by atoms with Gasteiger partial charge in [0.15, 0.2) is 0 Å². The molecule has 0 spiro atoms. The fourth-order valence-electron chi connectivity index (χ4n) is 3.20. The molecule has 1 aliphatic rings. The minimum absolute atomic E-state index is 0.0132. The van der Waals surface area contributed by atoms with Gasteiger partial charge in [0.1, 0.15) is 0 Å². The lowest BCUT2D eigenvalue weighted by atomic mass is 10.0. The van der Waals surface area contributed by atoms with Crippen LogP contribution in [-0.4, -0.2) is 42.0 Å². The summed E-state index contributed by atoms with van der Waals surface area (Å²) in [5.74, 6) is -0.0132. The number of fused-ring (bicyclic) bond motifs is 1. The Morgan fingerprint density at radius 2 is 2.17 bits per heavy atom. The normalized spacial score (nSPS) is 18.5. The molecular formula is C17H23N3O3S. The average molecular weight is 349 g/mol. The van der Waals surface area contributed by atoms with E-state index in [1.54, 1.807) is 24.5 Å². The van der Waals surface area contributed by atoms with Crippen molar-refractivity contribution in [2.75, 3.05) is 19.8 Å². The third-order valence-electron chi connectivity index (χ3n) is 4.35. The van der Waals surface area contributed by atoms with Gasteiger partial charge in [-0.2, -0.15) is 4.31 Å². The topological polar surface area (TPSA) is 64.4 Å². The summed E-state index contributed by atoms with van der Waals surface area (Å²) in [6.07, 6.45) is 1.74. The van der Waals surface area contributed by atoms with E-state index < -0.39 is 10.0 Å². The molecule has 0 saturated carbocycles. The molecule has 130 valence electrons. The zero-order valence-corrected chi connectivity index (χ0v) is 15.1. The van der Waals surface area contributed by atoms with E-state index in [2.05, 4.69) is 4.98 Å². The van der Waals surface area contributed by atoms with Crippen LogP contribution in [-0.2, 0) is 28.4 Å². The summed E-state index contributed by atoms with van der Waals surface area (Å²) in [5.41, 5.74) is 2.81. The highest BCUT2D eigenvalue weighted by molar-refractivity contribution is 7.89. The van der Waals surface area contributed by atoms with E-state index in [4.69, 9.17) is 4.74 Å². The first-order chi connectivity index (χ1) is 11.4. The molecular weight excluding hydrogens is 326 g/mol. The molecule has 0 amide bonds. The van der Waals surface area contributed by atoms with Gasteiger partial charge in [-0.05, 0) is 31.5 Å². The maximum atomic E-state index is 13.0. The zero-order chi connectivity index (χ0) is 17.3. The summed E-state index contributed by atoms with van der Waals surface area (Å²) in [4.78, 5) is 4.72. The third-order valence-corrected chi connectivity index (χ3v) is 6.16. The van der Waals surface area contributed by atoms with Gasteiger partial charge in [0.2, 0.25) is 10.0 Å². The Bertz CT molecular complexity index is 829. The first-order valence-corrected chi connectivity index (χ1v) is 9.52.